The highest BCUT2D eigenvalue weighted by Crippen LogP contribution is 2.38. The first kappa shape index (κ1) is 35.8. The van der Waals surface area contributed by atoms with E-state index < -0.39 is 136 Å². The molecular formula is C23H40N2O18. The summed E-state index contributed by atoms with van der Waals surface area (Å²) in [5, 5.41) is 115. The monoisotopic (exact) mass is 632 g/mol. The summed E-state index contributed by atoms with van der Waals surface area (Å²) in [6.07, 6.45) is -25.0. The molecular weight excluding hydrogens is 592 g/mol. The Balaban J connectivity index is 1.94. The standard InChI is InChI=1S/C23H40N2O18/c1-6(29)25-12-7(30)2-23(22(37)38,42-18(12)13(32)8(31)3-26)43-19-14(33)9(4-27)40-21(16(19)35)41-17-10(5-28)39-20(36)11(24)15(17)34/h7-21,26-28,30-36H,2-5,24H2,1H3,(H,25,29)(H,37,38)/t7-,8-,9+,10+,11+,12+,13-,14-,15+,16+,17+,18+,19-,20-,21-,23+/m0/s1. The average molecular weight is 633 g/mol. The van der Waals surface area contributed by atoms with Crippen LogP contribution >= 0.6 is 0 Å². The topological polar surface area (TPSA) is 341 Å². The fourth-order valence-corrected chi connectivity index (χ4v) is 5.20. The first-order valence-electron chi connectivity index (χ1n) is 13.3. The molecule has 14 N–H and O–H groups in total. The number of nitrogens with two attached hydrogens (primary N) is 1. The molecule has 0 radical (unpaired) electrons. The molecule has 0 aromatic heterocycles. The van der Waals surface area contributed by atoms with Crippen LogP contribution in [0.3, 0.4) is 0 Å². The van der Waals surface area contributed by atoms with E-state index in [-0.39, 0.29) is 0 Å². The minimum atomic E-state index is -3.00. The van der Waals surface area contributed by atoms with Crippen molar-refractivity contribution >= 4 is 11.9 Å². The van der Waals surface area contributed by atoms with Gasteiger partial charge in [0.05, 0.1) is 38.0 Å². The SMILES string of the molecule is CC(=O)N[C@H]1[C@H]([C@@H](O)[C@@H](O)CO)O[C@](O[C@H]2[C@@H](O)[C@@H](CO)O[C@@H](O[C@H]3[C@H](O)[C@@H](N)[C@@H](O)O[C@@H]3CO)[C@@H]2O)(C(=O)O)C[C@@H]1O. The Labute approximate surface area is 243 Å². The smallest absolute Gasteiger partial charge is 0.364 e. The van der Waals surface area contributed by atoms with Crippen LogP contribution in [0, 0.1) is 0 Å². The van der Waals surface area contributed by atoms with Crippen molar-refractivity contribution < 1.29 is 89.4 Å². The number of nitrogens with one attached hydrogen (secondary N) is 1. The van der Waals surface area contributed by atoms with Gasteiger partial charge in [0.1, 0.15) is 61.0 Å². The van der Waals surface area contributed by atoms with Crippen LogP contribution in [0.4, 0.5) is 0 Å². The molecule has 0 spiro atoms. The molecule has 20 heteroatoms. The number of ether oxygens (including phenoxy) is 5. The van der Waals surface area contributed by atoms with Gasteiger partial charge in [-0.1, -0.05) is 0 Å². The van der Waals surface area contributed by atoms with Crippen molar-refractivity contribution in [2.75, 3.05) is 19.8 Å². The predicted molar refractivity (Wildman–Crippen MR) is 132 cm³/mol. The minimum absolute atomic E-state index is 0.740. The lowest BCUT2D eigenvalue weighted by Crippen LogP contribution is -2.71. The molecule has 0 aromatic rings. The Morgan fingerprint density at radius 1 is 0.977 bits per heavy atom. The molecule has 1 amide bonds. The highest BCUT2D eigenvalue weighted by molar-refractivity contribution is 5.76. The summed E-state index contributed by atoms with van der Waals surface area (Å²) in [6.45, 7) is -1.75. The molecule has 0 aliphatic carbocycles. The summed E-state index contributed by atoms with van der Waals surface area (Å²) >= 11 is 0. The Bertz CT molecular complexity index is 946. The summed E-state index contributed by atoms with van der Waals surface area (Å²) in [4.78, 5) is 24.3. The van der Waals surface area contributed by atoms with E-state index >= 15 is 0 Å². The van der Waals surface area contributed by atoms with Gasteiger partial charge in [0.25, 0.3) is 5.79 Å². The van der Waals surface area contributed by atoms with Gasteiger partial charge in [0.2, 0.25) is 5.91 Å². The fourth-order valence-electron chi connectivity index (χ4n) is 5.20. The van der Waals surface area contributed by atoms with Gasteiger partial charge in [0.15, 0.2) is 12.6 Å². The summed E-state index contributed by atoms with van der Waals surface area (Å²) < 4.78 is 27.1. The van der Waals surface area contributed by atoms with E-state index in [1.54, 1.807) is 0 Å². The average Bonchev–Trinajstić information content (AvgIpc) is 2.96. The maximum Gasteiger partial charge on any atom is 0.364 e. The number of hydrogen-bond donors (Lipinski definition) is 13. The number of aliphatic carboxylic acids is 1. The van der Waals surface area contributed by atoms with Crippen molar-refractivity contribution in [3.63, 3.8) is 0 Å². The Morgan fingerprint density at radius 2 is 1.60 bits per heavy atom. The number of carboxylic acids is 1. The maximum atomic E-state index is 12.6. The molecule has 3 aliphatic heterocycles. The van der Waals surface area contributed by atoms with E-state index in [0.717, 1.165) is 6.92 Å². The van der Waals surface area contributed by atoms with Gasteiger partial charge in [-0.2, -0.15) is 0 Å². The van der Waals surface area contributed by atoms with Crippen LogP contribution < -0.4 is 11.1 Å². The van der Waals surface area contributed by atoms with Gasteiger partial charge >= 0.3 is 5.97 Å². The first-order chi connectivity index (χ1) is 20.1. The van der Waals surface area contributed by atoms with E-state index in [9.17, 15) is 65.8 Å². The zero-order valence-electron chi connectivity index (χ0n) is 22.8. The molecule has 3 aliphatic rings. The lowest BCUT2D eigenvalue weighted by Gasteiger charge is -2.50. The van der Waals surface area contributed by atoms with Crippen LogP contribution in [0.2, 0.25) is 0 Å². The van der Waals surface area contributed by atoms with Crippen LogP contribution in [0.5, 0.6) is 0 Å². The molecule has 250 valence electrons. The van der Waals surface area contributed by atoms with E-state index in [1.807, 2.05) is 0 Å². The van der Waals surface area contributed by atoms with Crippen LogP contribution in [0.1, 0.15) is 13.3 Å². The second-order valence-corrected chi connectivity index (χ2v) is 10.6. The van der Waals surface area contributed by atoms with E-state index in [4.69, 9.17) is 29.4 Å². The first-order valence-corrected chi connectivity index (χ1v) is 13.3. The van der Waals surface area contributed by atoms with Crippen LogP contribution in [-0.2, 0) is 33.3 Å². The number of amides is 1. The van der Waals surface area contributed by atoms with Gasteiger partial charge in [-0.05, 0) is 0 Å². The molecule has 43 heavy (non-hydrogen) atoms. The minimum Gasteiger partial charge on any atom is -0.477 e. The Hall–Kier alpha value is -1.70. The number of aliphatic hydroxyl groups excluding tert-OH is 10. The van der Waals surface area contributed by atoms with Crippen molar-refractivity contribution in [2.24, 2.45) is 5.73 Å². The molecule has 3 fully saturated rings. The fraction of sp³-hybridized carbons (Fsp3) is 0.913. The quantitative estimate of drug-likeness (QED) is 0.100. The Morgan fingerprint density at radius 3 is 2.14 bits per heavy atom. The van der Waals surface area contributed by atoms with Crippen molar-refractivity contribution in [1.29, 1.82) is 0 Å². The van der Waals surface area contributed by atoms with Crippen LogP contribution in [-0.4, -0.2) is 185 Å². The summed E-state index contributed by atoms with van der Waals surface area (Å²) in [7, 11) is 0. The third-order valence-electron chi connectivity index (χ3n) is 7.55. The molecule has 0 unspecified atom stereocenters. The van der Waals surface area contributed by atoms with Gasteiger partial charge in [-0.25, -0.2) is 4.79 Å². The van der Waals surface area contributed by atoms with Crippen LogP contribution in [0.25, 0.3) is 0 Å². The molecule has 3 heterocycles. The van der Waals surface area contributed by atoms with Gasteiger partial charge in [-0.15, -0.1) is 0 Å². The second kappa shape index (κ2) is 14.6. The number of rotatable bonds is 11. The lowest BCUT2D eigenvalue weighted by atomic mass is 9.88. The summed E-state index contributed by atoms with van der Waals surface area (Å²) in [5.74, 6) is -5.70. The third kappa shape index (κ3) is 7.41. The van der Waals surface area contributed by atoms with Gasteiger partial charge < -0.3 is 90.9 Å². The third-order valence-corrected chi connectivity index (χ3v) is 7.55. The van der Waals surface area contributed by atoms with Crippen molar-refractivity contribution in [3.05, 3.63) is 0 Å². The van der Waals surface area contributed by atoms with Crippen molar-refractivity contribution in [2.45, 2.75) is 111 Å². The Kier molecular flexibility index (Phi) is 12.1. The number of carbonyl (C=O) groups is 2. The molecule has 3 rings (SSSR count). The highest BCUT2D eigenvalue weighted by atomic mass is 16.8. The summed E-state index contributed by atoms with van der Waals surface area (Å²) in [5.41, 5.74) is 5.69. The predicted octanol–water partition coefficient (Wildman–Crippen LogP) is -8.26. The van der Waals surface area contributed by atoms with Gasteiger partial charge in [-0.3, -0.25) is 4.79 Å². The molecule has 0 saturated carbocycles. The lowest BCUT2D eigenvalue weighted by molar-refractivity contribution is -0.381. The molecule has 3 saturated heterocycles. The zero-order valence-corrected chi connectivity index (χ0v) is 22.8. The zero-order chi connectivity index (χ0) is 32.4. The van der Waals surface area contributed by atoms with Crippen LogP contribution in [0.15, 0.2) is 0 Å². The van der Waals surface area contributed by atoms with Crippen molar-refractivity contribution in [1.82, 2.24) is 5.32 Å². The van der Waals surface area contributed by atoms with E-state index in [2.05, 4.69) is 5.32 Å². The summed E-state index contributed by atoms with van der Waals surface area (Å²) in [6, 6.07) is -2.97. The second-order valence-electron chi connectivity index (χ2n) is 10.6. The van der Waals surface area contributed by atoms with E-state index in [0.29, 0.717) is 0 Å². The number of carboxylic acid groups (broad SMARTS) is 1. The molecule has 16 atom stereocenters. The largest absolute Gasteiger partial charge is 0.477 e. The maximum absolute atomic E-state index is 12.6. The molecule has 0 aromatic carbocycles. The number of hydrogen-bond acceptors (Lipinski definition) is 18. The number of carbonyl (C=O) groups excluding carboxylic acids is 1. The van der Waals surface area contributed by atoms with E-state index in [1.165, 1.54) is 0 Å². The highest BCUT2D eigenvalue weighted by Gasteiger charge is 2.60. The number of aliphatic hydroxyl groups is 10. The van der Waals surface area contributed by atoms with Crippen molar-refractivity contribution in [3.8, 4) is 0 Å². The molecule has 20 nitrogen and oxygen atoms in total. The molecule has 0 bridgehead atoms. The van der Waals surface area contributed by atoms with Gasteiger partial charge in [0, 0.05) is 13.3 Å². The normalized spacial score (nSPS) is 45.3.